The minimum Gasteiger partial charge on any atom is -0.493 e. The van der Waals surface area contributed by atoms with Crippen molar-refractivity contribution in [2.45, 2.75) is 37.1 Å². The van der Waals surface area contributed by atoms with Gasteiger partial charge in [0.2, 0.25) is 10.0 Å². The van der Waals surface area contributed by atoms with Crippen LogP contribution in [0.5, 0.6) is 11.5 Å². The molecule has 1 aliphatic rings. The monoisotopic (exact) mass is 475 g/mol. The van der Waals surface area contributed by atoms with Gasteiger partial charge in [-0.25, -0.2) is 13.4 Å². The van der Waals surface area contributed by atoms with Gasteiger partial charge in [0.05, 0.1) is 29.3 Å². The van der Waals surface area contributed by atoms with Crippen LogP contribution in [0.3, 0.4) is 0 Å². The van der Waals surface area contributed by atoms with Crippen molar-refractivity contribution in [2.24, 2.45) is 0 Å². The Balaban J connectivity index is 1.52. The molecule has 4 rings (SSSR count). The maximum Gasteiger partial charge on any atom is 0.257 e. The van der Waals surface area contributed by atoms with Gasteiger partial charge in [-0.15, -0.1) is 0 Å². The minimum atomic E-state index is -3.58. The standard InChI is InChI=1S/C22H25N3O5S2/c1-14-6-4-5-11-25(14)32(27,28)16-9-7-15(8-10-16)21(26)24-22-23-17-12-18(29-2)19(30-3)13-20(17)31-22/h7-10,12-14H,4-6,11H2,1-3H3,(H,23,24,26)/t14-/m0/s1. The number of fused-ring (bicyclic) bond motifs is 1. The van der Waals surface area contributed by atoms with E-state index in [1.807, 2.05) is 13.0 Å². The van der Waals surface area contributed by atoms with E-state index in [0.29, 0.717) is 34.3 Å². The molecule has 2 heterocycles. The number of carbonyl (C=O) groups excluding carboxylic acids is 1. The van der Waals surface area contributed by atoms with Gasteiger partial charge in [0, 0.05) is 30.3 Å². The van der Waals surface area contributed by atoms with Crippen LogP contribution in [0.1, 0.15) is 36.5 Å². The molecule has 8 nitrogen and oxygen atoms in total. The largest absolute Gasteiger partial charge is 0.493 e. The summed E-state index contributed by atoms with van der Waals surface area (Å²) in [5.41, 5.74) is 1.03. The number of thiazole rings is 1. The molecule has 0 spiro atoms. The van der Waals surface area contributed by atoms with E-state index in [2.05, 4.69) is 10.3 Å². The molecule has 1 amide bonds. The van der Waals surface area contributed by atoms with Crippen LogP contribution in [0.2, 0.25) is 0 Å². The summed E-state index contributed by atoms with van der Waals surface area (Å²) in [5, 5.41) is 3.21. The number of amides is 1. The van der Waals surface area contributed by atoms with Crippen molar-refractivity contribution in [3.8, 4) is 11.5 Å². The maximum absolute atomic E-state index is 13.0. The van der Waals surface area contributed by atoms with Crippen molar-refractivity contribution >= 4 is 42.6 Å². The van der Waals surface area contributed by atoms with E-state index in [1.165, 1.54) is 35.6 Å². The Morgan fingerprint density at radius 2 is 1.81 bits per heavy atom. The zero-order chi connectivity index (χ0) is 22.9. The lowest BCUT2D eigenvalue weighted by Gasteiger charge is -2.32. The van der Waals surface area contributed by atoms with E-state index in [4.69, 9.17) is 9.47 Å². The SMILES string of the molecule is COc1cc2nc(NC(=O)c3ccc(S(=O)(=O)N4CCCC[C@@H]4C)cc3)sc2cc1OC. The first-order valence-electron chi connectivity index (χ1n) is 10.3. The first-order chi connectivity index (χ1) is 15.3. The zero-order valence-electron chi connectivity index (χ0n) is 18.1. The highest BCUT2D eigenvalue weighted by Gasteiger charge is 2.31. The lowest BCUT2D eigenvalue weighted by molar-refractivity contribution is 0.102. The molecular weight excluding hydrogens is 450 g/mol. The second-order valence-electron chi connectivity index (χ2n) is 7.63. The van der Waals surface area contributed by atoms with Crippen molar-refractivity contribution in [3.63, 3.8) is 0 Å². The van der Waals surface area contributed by atoms with Gasteiger partial charge in [-0.3, -0.25) is 10.1 Å². The number of hydrogen-bond acceptors (Lipinski definition) is 7. The van der Waals surface area contributed by atoms with E-state index in [9.17, 15) is 13.2 Å². The minimum absolute atomic E-state index is 0.0204. The number of piperidine rings is 1. The Labute approximate surface area is 191 Å². The molecule has 10 heteroatoms. The van der Waals surface area contributed by atoms with E-state index in [1.54, 1.807) is 24.6 Å². The second-order valence-corrected chi connectivity index (χ2v) is 10.6. The number of sulfonamides is 1. The predicted octanol–water partition coefficient (Wildman–Crippen LogP) is 4.13. The van der Waals surface area contributed by atoms with Crippen LogP contribution < -0.4 is 14.8 Å². The number of nitrogens with zero attached hydrogens (tertiary/aromatic N) is 2. The predicted molar refractivity (Wildman–Crippen MR) is 124 cm³/mol. The fourth-order valence-corrected chi connectivity index (χ4v) is 6.39. The van der Waals surface area contributed by atoms with Gasteiger partial charge in [-0.1, -0.05) is 17.8 Å². The van der Waals surface area contributed by atoms with E-state index < -0.39 is 10.0 Å². The van der Waals surface area contributed by atoms with Crippen LogP contribution in [-0.2, 0) is 10.0 Å². The molecule has 0 aliphatic carbocycles. The first-order valence-corrected chi connectivity index (χ1v) is 12.5. The van der Waals surface area contributed by atoms with Crippen LogP contribution in [-0.4, -0.2) is 50.4 Å². The van der Waals surface area contributed by atoms with Crippen molar-refractivity contribution in [1.82, 2.24) is 9.29 Å². The van der Waals surface area contributed by atoms with Gasteiger partial charge in [0.1, 0.15) is 0 Å². The number of methoxy groups -OCH3 is 2. The number of carbonyl (C=O) groups is 1. The van der Waals surface area contributed by atoms with Crippen molar-refractivity contribution in [2.75, 3.05) is 26.1 Å². The van der Waals surface area contributed by atoms with Crippen LogP contribution in [0.15, 0.2) is 41.3 Å². The number of aromatic nitrogens is 1. The van der Waals surface area contributed by atoms with Gasteiger partial charge in [-0.05, 0) is 44.0 Å². The molecule has 2 aromatic carbocycles. The van der Waals surface area contributed by atoms with Crippen LogP contribution >= 0.6 is 11.3 Å². The number of rotatable bonds is 6. The Bertz CT molecular complexity index is 1200. The molecule has 0 saturated carbocycles. The topological polar surface area (TPSA) is 97.8 Å². The highest BCUT2D eigenvalue weighted by atomic mass is 32.2. The molecule has 32 heavy (non-hydrogen) atoms. The number of benzene rings is 2. The van der Waals surface area contributed by atoms with E-state index in [-0.39, 0.29) is 16.8 Å². The third-order valence-electron chi connectivity index (χ3n) is 5.58. The quantitative estimate of drug-likeness (QED) is 0.576. The molecule has 1 atom stereocenters. The van der Waals surface area contributed by atoms with Crippen LogP contribution in [0, 0.1) is 0 Å². The molecule has 1 aliphatic heterocycles. The van der Waals surface area contributed by atoms with Gasteiger partial charge in [0.15, 0.2) is 16.6 Å². The summed E-state index contributed by atoms with van der Waals surface area (Å²) >= 11 is 1.31. The number of hydrogen-bond donors (Lipinski definition) is 1. The summed E-state index contributed by atoms with van der Waals surface area (Å²) in [6, 6.07) is 9.56. The summed E-state index contributed by atoms with van der Waals surface area (Å²) in [5.74, 6) is 0.780. The Morgan fingerprint density at radius 1 is 1.12 bits per heavy atom. The first kappa shape index (κ1) is 22.5. The molecule has 170 valence electrons. The Kier molecular flexibility index (Phi) is 6.36. The van der Waals surface area contributed by atoms with Gasteiger partial charge < -0.3 is 9.47 Å². The summed E-state index contributed by atoms with van der Waals surface area (Å²) < 4.78 is 38.9. The highest BCUT2D eigenvalue weighted by molar-refractivity contribution is 7.89. The van der Waals surface area contributed by atoms with Gasteiger partial charge >= 0.3 is 0 Å². The second kappa shape index (κ2) is 9.05. The molecule has 1 aromatic heterocycles. The summed E-state index contributed by atoms with van der Waals surface area (Å²) in [6.45, 7) is 2.46. The van der Waals surface area contributed by atoms with Crippen molar-refractivity contribution in [1.29, 1.82) is 0 Å². The summed E-state index contributed by atoms with van der Waals surface area (Å²) in [7, 11) is -0.467. The molecule has 3 aromatic rings. The summed E-state index contributed by atoms with van der Waals surface area (Å²) in [6.07, 6.45) is 2.77. The smallest absolute Gasteiger partial charge is 0.257 e. The molecular formula is C22H25N3O5S2. The normalized spacial score (nSPS) is 17.3. The summed E-state index contributed by atoms with van der Waals surface area (Å²) in [4.78, 5) is 17.3. The fraction of sp³-hybridized carbons (Fsp3) is 0.364. The highest BCUT2D eigenvalue weighted by Crippen LogP contribution is 2.36. The van der Waals surface area contributed by atoms with Crippen molar-refractivity contribution in [3.05, 3.63) is 42.0 Å². The Morgan fingerprint density at radius 3 is 2.47 bits per heavy atom. The molecule has 1 fully saturated rings. The molecule has 0 unspecified atom stereocenters. The van der Waals surface area contributed by atoms with Gasteiger partial charge in [0.25, 0.3) is 5.91 Å². The number of ether oxygens (including phenoxy) is 2. The molecule has 0 bridgehead atoms. The third-order valence-corrected chi connectivity index (χ3v) is 8.54. The van der Waals surface area contributed by atoms with Crippen LogP contribution in [0.25, 0.3) is 10.2 Å². The van der Waals surface area contributed by atoms with Crippen molar-refractivity contribution < 1.29 is 22.7 Å². The maximum atomic E-state index is 13.0. The third kappa shape index (κ3) is 4.30. The average molecular weight is 476 g/mol. The number of anilines is 1. The zero-order valence-corrected chi connectivity index (χ0v) is 19.8. The van der Waals surface area contributed by atoms with Crippen LogP contribution in [0.4, 0.5) is 5.13 Å². The Hall–Kier alpha value is -2.69. The molecule has 1 saturated heterocycles. The van der Waals surface area contributed by atoms with Gasteiger partial charge in [-0.2, -0.15) is 4.31 Å². The molecule has 0 radical (unpaired) electrons. The molecule has 1 N–H and O–H groups in total. The number of nitrogens with one attached hydrogen (secondary N) is 1. The van der Waals surface area contributed by atoms with E-state index >= 15 is 0 Å². The lowest BCUT2D eigenvalue weighted by atomic mass is 10.1. The van der Waals surface area contributed by atoms with E-state index in [0.717, 1.165) is 24.0 Å². The lowest BCUT2D eigenvalue weighted by Crippen LogP contribution is -2.41. The fourth-order valence-electron chi connectivity index (χ4n) is 3.82. The average Bonchev–Trinajstić information content (AvgIpc) is 3.19.